The number of hydrogen-bond acceptors (Lipinski definition) is 3. The summed E-state index contributed by atoms with van der Waals surface area (Å²) < 4.78 is 0. The van der Waals surface area contributed by atoms with Gasteiger partial charge in [0.05, 0.1) is 17.3 Å². The number of benzene rings is 1. The highest BCUT2D eigenvalue weighted by atomic mass is 35.5. The van der Waals surface area contributed by atoms with Crippen molar-refractivity contribution in [3.63, 3.8) is 0 Å². The third kappa shape index (κ3) is 4.61. The molecule has 0 radical (unpaired) electrons. The molecule has 0 aliphatic carbocycles. The Morgan fingerprint density at radius 2 is 1.71 bits per heavy atom. The molecule has 0 bridgehead atoms. The molecule has 1 atom stereocenters. The number of carbonyl (C=O) groups excluding carboxylic acids is 2. The molecule has 3 N–H and O–H groups in total. The molecule has 2 heterocycles. The van der Waals surface area contributed by atoms with E-state index in [4.69, 9.17) is 0 Å². The average Bonchev–Trinajstić information content (AvgIpc) is 3.12. The molecule has 2 fully saturated rings. The van der Waals surface area contributed by atoms with Crippen molar-refractivity contribution in [2.75, 3.05) is 36.8 Å². The molecule has 3 amide bonds. The molecule has 0 saturated carbocycles. The molecule has 1 unspecified atom stereocenters. The van der Waals surface area contributed by atoms with E-state index in [1.165, 1.54) is 0 Å². The molecule has 0 spiro atoms. The fraction of sp³-hybridized carbons (Fsp3) is 0.529. The molecule has 132 valence electrons. The van der Waals surface area contributed by atoms with E-state index in [2.05, 4.69) is 16.0 Å². The Balaban J connectivity index is 0.00000208. The van der Waals surface area contributed by atoms with E-state index in [1.54, 1.807) is 0 Å². The van der Waals surface area contributed by atoms with Gasteiger partial charge in [0.25, 0.3) is 0 Å². The highest BCUT2D eigenvalue weighted by molar-refractivity contribution is 5.99. The molecule has 2 aliphatic heterocycles. The van der Waals surface area contributed by atoms with Gasteiger partial charge in [0.15, 0.2) is 0 Å². The van der Waals surface area contributed by atoms with Crippen molar-refractivity contribution in [1.29, 1.82) is 0 Å². The standard InChI is InChI=1S/C17H24N4O2.ClH/c22-16(13-6-5-9-18-12-13)19-14-7-1-2-8-15(14)20-17(23)21-10-3-4-11-21;/h1-2,7-8,13,18H,3-6,9-12H2,(H,19,22)(H,20,23);1H. The smallest absolute Gasteiger partial charge is 0.321 e. The zero-order valence-corrected chi connectivity index (χ0v) is 14.5. The third-order valence-corrected chi connectivity index (χ3v) is 4.49. The Hall–Kier alpha value is -1.79. The van der Waals surface area contributed by atoms with Crippen LogP contribution in [0.1, 0.15) is 25.7 Å². The van der Waals surface area contributed by atoms with Crippen molar-refractivity contribution in [3.05, 3.63) is 24.3 Å². The van der Waals surface area contributed by atoms with Gasteiger partial charge in [-0.25, -0.2) is 4.79 Å². The average molecular weight is 353 g/mol. The normalized spacial score (nSPS) is 20.2. The largest absolute Gasteiger partial charge is 0.325 e. The first-order chi connectivity index (χ1) is 11.2. The minimum atomic E-state index is -0.0940. The summed E-state index contributed by atoms with van der Waals surface area (Å²) in [4.78, 5) is 26.4. The lowest BCUT2D eigenvalue weighted by atomic mass is 9.99. The second-order valence-electron chi connectivity index (χ2n) is 6.20. The minimum Gasteiger partial charge on any atom is -0.325 e. The highest BCUT2D eigenvalue weighted by Crippen LogP contribution is 2.23. The van der Waals surface area contributed by atoms with Crippen LogP contribution in [0.4, 0.5) is 16.2 Å². The number of hydrogen-bond donors (Lipinski definition) is 3. The lowest BCUT2D eigenvalue weighted by molar-refractivity contribution is -0.120. The van der Waals surface area contributed by atoms with Gasteiger partial charge in [-0.1, -0.05) is 12.1 Å². The number of urea groups is 1. The van der Waals surface area contributed by atoms with Crippen LogP contribution in [0.25, 0.3) is 0 Å². The molecule has 6 nitrogen and oxygen atoms in total. The zero-order chi connectivity index (χ0) is 16.1. The second-order valence-corrected chi connectivity index (χ2v) is 6.20. The Morgan fingerprint density at radius 3 is 2.33 bits per heavy atom. The van der Waals surface area contributed by atoms with Gasteiger partial charge >= 0.3 is 6.03 Å². The van der Waals surface area contributed by atoms with Crippen LogP contribution in [0.2, 0.25) is 0 Å². The predicted molar refractivity (Wildman–Crippen MR) is 97.7 cm³/mol. The van der Waals surface area contributed by atoms with Crippen LogP contribution in [0.5, 0.6) is 0 Å². The van der Waals surface area contributed by atoms with E-state index in [-0.39, 0.29) is 30.3 Å². The molecular formula is C17H25ClN4O2. The van der Waals surface area contributed by atoms with E-state index in [0.717, 1.165) is 45.3 Å². The predicted octanol–water partition coefficient (Wildman–Crippen LogP) is 2.67. The van der Waals surface area contributed by atoms with Crippen LogP contribution in [-0.2, 0) is 4.79 Å². The monoisotopic (exact) mass is 352 g/mol. The van der Waals surface area contributed by atoms with Gasteiger partial charge in [-0.15, -0.1) is 12.4 Å². The van der Waals surface area contributed by atoms with E-state index < -0.39 is 0 Å². The molecular weight excluding hydrogens is 328 g/mol. The van der Waals surface area contributed by atoms with Crippen molar-refractivity contribution >= 4 is 35.7 Å². The van der Waals surface area contributed by atoms with Gasteiger partial charge in [0.2, 0.25) is 5.91 Å². The van der Waals surface area contributed by atoms with E-state index >= 15 is 0 Å². The third-order valence-electron chi connectivity index (χ3n) is 4.49. The number of halogens is 1. The van der Waals surface area contributed by atoms with Crippen molar-refractivity contribution < 1.29 is 9.59 Å². The van der Waals surface area contributed by atoms with Gasteiger partial charge in [0.1, 0.15) is 0 Å². The number of rotatable bonds is 3. The topological polar surface area (TPSA) is 73.5 Å². The molecule has 1 aromatic carbocycles. The molecule has 24 heavy (non-hydrogen) atoms. The molecule has 2 aliphatic rings. The lowest BCUT2D eigenvalue weighted by Crippen LogP contribution is -2.37. The quantitative estimate of drug-likeness (QED) is 0.783. The van der Waals surface area contributed by atoms with Gasteiger partial charge < -0.3 is 20.9 Å². The zero-order valence-electron chi connectivity index (χ0n) is 13.7. The van der Waals surface area contributed by atoms with Crippen LogP contribution in [0.3, 0.4) is 0 Å². The van der Waals surface area contributed by atoms with Crippen LogP contribution in [0.15, 0.2) is 24.3 Å². The van der Waals surface area contributed by atoms with Crippen LogP contribution in [0, 0.1) is 5.92 Å². The maximum Gasteiger partial charge on any atom is 0.321 e. The van der Waals surface area contributed by atoms with Crippen molar-refractivity contribution in [2.45, 2.75) is 25.7 Å². The number of piperidine rings is 1. The summed E-state index contributed by atoms with van der Waals surface area (Å²) in [5, 5.41) is 9.13. The minimum absolute atomic E-state index is 0. The molecule has 7 heteroatoms. The number of anilines is 2. The summed E-state index contributed by atoms with van der Waals surface area (Å²) in [7, 11) is 0. The maximum absolute atomic E-state index is 12.4. The summed E-state index contributed by atoms with van der Waals surface area (Å²) in [6.07, 6.45) is 4.04. The summed E-state index contributed by atoms with van der Waals surface area (Å²) in [6.45, 7) is 3.29. The van der Waals surface area contributed by atoms with Crippen LogP contribution in [-0.4, -0.2) is 43.0 Å². The number of nitrogens with one attached hydrogen (secondary N) is 3. The lowest BCUT2D eigenvalue weighted by Gasteiger charge is -2.23. The fourth-order valence-corrected chi connectivity index (χ4v) is 3.13. The van der Waals surface area contributed by atoms with Crippen molar-refractivity contribution in [1.82, 2.24) is 10.2 Å². The summed E-state index contributed by atoms with van der Waals surface area (Å²) in [5.74, 6) is 0.00570. The summed E-state index contributed by atoms with van der Waals surface area (Å²) in [6, 6.07) is 7.28. The van der Waals surface area contributed by atoms with E-state index in [9.17, 15) is 9.59 Å². The first-order valence-electron chi connectivity index (χ1n) is 8.40. The number of para-hydroxylation sites is 2. The fourth-order valence-electron chi connectivity index (χ4n) is 3.13. The van der Waals surface area contributed by atoms with Crippen LogP contribution >= 0.6 is 12.4 Å². The van der Waals surface area contributed by atoms with Crippen molar-refractivity contribution in [3.8, 4) is 0 Å². The number of nitrogens with zero attached hydrogens (tertiary/aromatic N) is 1. The molecule has 1 aromatic rings. The molecule has 2 saturated heterocycles. The SMILES string of the molecule is Cl.O=C(Nc1ccccc1NC(=O)N1CCCC1)C1CCCNC1. The van der Waals surface area contributed by atoms with Crippen LogP contribution < -0.4 is 16.0 Å². The Morgan fingerprint density at radius 1 is 1.04 bits per heavy atom. The van der Waals surface area contributed by atoms with E-state index in [1.807, 2.05) is 29.2 Å². The number of likely N-dealkylation sites (tertiary alicyclic amines) is 1. The molecule has 3 rings (SSSR count). The summed E-state index contributed by atoms with van der Waals surface area (Å²) in [5.41, 5.74) is 1.32. The van der Waals surface area contributed by atoms with Gasteiger partial charge in [-0.3, -0.25) is 4.79 Å². The Bertz CT molecular complexity index is 569. The number of amides is 3. The first kappa shape index (κ1) is 18.5. The Labute approximate surface area is 148 Å². The number of carbonyl (C=O) groups is 2. The second kappa shape index (κ2) is 8.89. The van der Waals surface area contributed by atoms with Gasteiger partial charge in [0, 0.05) is 19.6 Å². The van der Waals surface area contributed by atoms with Gasteiger partial charge in [-0.2, -0.15) is 0 Å². The van der Waals surface area contributed by atoms with E-state index in [0.29, 0.717) is 17.9 Å². The Kier molecular flexibility index (Phi) is 6.87. The highest BCUT2D eigenvalue weighted by Gasteiger charge is 2.22. The maximum atomic E-state index is 12.4. The summed E-state index contributed by atoms with van der Waals surface area (Å²) >= 11 is 0. The molecule has 0 aromatic heterocycles. The first-order valence-corrected chi connectivity index (χ1v) is 8.40. The van der Waals surface area contributed by atoms with Crippen molar-refractivity contribution in [2.24, 2.45) is 5.92 Å². The van der Waals surface area contributed by atoms with Gasteiger partial charge in [-0.05, 0) is 44.4 Å².